The minimum absolute atomic E-state index is 0.182. The lowest BCUT2D eigenvalue weighted by molar-refractivity contribution is -0.188. The van der Waals surface area contributed by atoms with Crippen molar-refractivity contribution in [3.8, 4) is 0 Å². The van der Waals surface area contributed by atoms with Crippen LogP contribution in [0.25, 0.3) is 0 Å². The molecule has 0 radical (unpaired) electrons. The first kappa shape index (κ1) is 26.8. The smallest absolute Gasteiger partial charge is 0.373 e. The SMILES string of the molecule is COC(=O)C1=C[C@H](c2cccs2)[C@@H](NC(C)=O)[C@H]([C@H](OC(C)=O)[C@@H](COC(C)=O)OC(C)=O)O1. The molecule has 0 saturated heterocycles. The van der Waals surface area contributed by atoms with Gasteiger partial charge in [0.2, 0.25) is 11.7 Å². The number of amides is 1. The zero-order valence-electron chi connectivity index (χ0n) is 19.4. The molecule has 12 heteroatoms. The Balaban J connectivity index is 2.62. The fourth-order valence-electron chi connectivity index (χ4n) is 3.52. The quantitative estimate of drug-likeness (QED) is 0.391. The van der Waals surface area contributed by atoms with Gasteiger partial charge in [-0.2, -0.15) is 0 Å². The lowest BCUT2D eigenvalue weighted by Crippen LogP contribution is -2.59. The number of carbonyl (C=O) groups excluding carboxylic acids is 5. The van der Waals surface area contributed by atoms with Gasteiger partial charge in [0.1, 0.15) is 6.61 Å². The van der Waals surface area contributed by atoms with Gasteiger partial charge in [-0.3, -0.25) is 19.2 Å². The van der Waals surface area contributed by atoms with Gasteiger partial charge in [-0.1, -0.05) is 6.07 Å². The van der Waals surface area contributed by atoms with Gasteiger partial charge in [0.05, 0.1) is 13.2 Å². The van der Waals surface area contributed by atoms with Gasteiger partial charge in [0.15, 0.2) is 18.3 Å². The van der Waals surface area contributed by atoms with E-state index in [1.807, 2.05) is 5.38 Å². The van der Waals surface area contributed by atoms with Crippen molar-refractivity contribution >= 4 is 41.1 Å². The van der Waals surface area contributed by atoms with E-state index in [-0.39, 0.29) is 5.76 Å². The van der Waals surface area contributed by atoms with Crippen molar-refractivity contribution in [2.24, 2.45) is 0 Å². The number of hydrogen-bond acceptors (Lipinski definition) is 11. The fraction of sp³-hybridized carbons (Fsp3) is 0.500. The third-order valence-electron chi connectivity index (χ3n) is 4.72. The molecule has 0 bridgehead atoms. The normalized spacial score (nSPS) is 21.1. The standard InChI is InChI=1S/C22H27NO10S/c1-11(24)23-19-15(18-7-6-8-34-18)9-16(22(28)29-5)33-21(19)20(32-14(4)27)17(31-13(3)26)10-30-12(2)25/h6-9,15,17,19-21H,10H2,1-5H3,(H,23,24)/t15-,17-,19-,20-,21-/m1/s1. The molecule has 0 unspecified atom stereocenters. The fourth-order valence-corrected chi connectivity index (χ4v) is 4.36. The van der Waals surface area contributed by atoms with Crippen LogP contribution in [0.2, 0.25) is 0 Å². The highest BCUT2D eigenvalue weighted by Gasteiger charge is 2.48. The van der Waals surface area contributed by atoms with Crippen LogP contribution in [0.4, 0.5) is 0 Å². The molecular formula is C22H27NO10S. The molecule has 1 aromatic rings. The molecule has 11 nitrogen and oxygen atoms in total. The second kappa shape index (κ2) is 12.2. The molecule has 0 saturated carbocycles. The number of carbonyl (C=O) groups is 5. The maximum atomic E-state index is 12.4. The summed E-state index contributed by atoms with van der Waals surface area (Å²) in [6.45, 7) is 4.26. The molecule has 0 aliphatic carbocycles. The van der Waals surface area contributed by atoms with Crippen LogP contribution in [-0.2, 0) is 47.7 Å². The number of rotatable bonds is 9. The van der Waals surface area contributed by atoms with E-state index in [2.05, 4.69) is 5.32 Å². The Morgan fingerprint density at radius 3 is 2.24 bits per heavy atom. The van der Waals surface area contributed by atoms with Crippen LogP contribution in [0.15, 0.2) is 29.3 Å². The Labute approximate surface area is 200 Å². The van der Waals surface area contributed by atoms with Gasteiger partial charge in [-0.05, 0) is 17.5 Å². The van der Waals surface area contributed by atoms with Crippen molar-refractivity contribution in [2.45, 2.75) is 58.0 Å². The molecule has 1 amide bonds. The van der Waals surface area contributed by atoms with E-state index < -0.39 is 66.7 Å². The highest BCUT2D eigenvalue weighted by Crippen LogP contribution is 2.37. The Hall–Kier alpha value is -3.41. The topological polar surface area (TPSA) is 144 Å². The third-order valence-corrected chi connectivity index (χ3v) is 5.70. The second-order valence-corrected chi connectivity index (χ2v) is 8.38. The van der Waals surface area contributed by atoms with Gasteiger partial charge in [0.25, 0.3) is 0 Å². The largest absolute Gasteiger partial charge is 0.477 e. The average Bonchev–Trinajstić information content (AvgIpc) is 3.28. The van der Waals surface area contributed by atoms with Crippen LogP contribution in [0.5, 0.6) is 0 Å². The van der Waals surface area contributed by atoms with E-state index in [4.69, 9.17) is 23.7 Å². The maximum absolute atomic E-state index is 12.4. The molecule has 2 rings (SSSR count). The highest BCUT2D eigenvalue weighted by molar-refractivity contribution is 7.10. The van der Waals surface area contributed by atoms with Crippen molar-refractivity contribution < 1.29 is 47.7 Å². The van der Waals surface area contributed by atoms with Crippen LogP contribution in [0.1, 0.15) is 38.5 Å². The molecule has 1 aromatic heterocycles. The predicted octanol–water partition coefficient (Wildman–Crippen LogP) is 1.22. The van der Waals surface area contributed by atoms with Crippen LogP contribution in [0, 0.1) is 0 Å². The Bertz CT molecular complexity index is 941. The van der Waals surface area contributed by atoms with E-state index in [0.717, 1.165) is 25.6 Å². The van der Waals surface area contributed by atoms with Gasteiger partial charge >= 0.3 is 23.9 Å². The van der Waals surface area contributed by atoms with Crippen LogP contribution in [-0.4, -0.2) is 67.9 Å². The summed E-state index contributed by atoms with van der Waals surface area (Å²) >= 11 is 1.38. The Morgan fingerprint density at radius 1 is 1.06 bits per heavy atom. The van der Waals surface area contributed by atoms with Crippen molar-refractivity contribution in [1.82, 2.24) is 5.32 Å². The predicted molar refractivity (Wildman–Crippen MR) is 117 cm³/mol. The lowest BCUT2D eigenvalue weighted by atomic mass is 9.86. The molecule has 5 atom stereocenters. The maximum Gasteiger partial charge on any atom is 0.373 e. The van der Waals surface area contributed by atoms with Crippen molar-refractivity contribution in [3.05, 3.63) is 34.2 Å². The van der Waals surface area contributed by atoms with E-state index in [0.29, 0.717) is 0 Å². The van der Waals surface area contributed by atoms with Crippen LogP contribution in [0.3, 0.4) is 0 Å². The molecular weight excluding hydrogens is 470 g/mol. The first-order valence-corrected chi connectivity index (χ1v) is 11.2. The lowest BCUT2D eigenvalue weighted by Gasteiger charge is -2.41. The molecule has 0 aromatic carbocycles. The monoisotopic (exact) mass is 497 g/mol. The van der Waals surface area contributed by atoms with Gasteiger partial charge in [0, 0.05) is 38.5 Å². The zero-order valence-corrected chi connectivity index (χ0v) is 20.2. The summed E-state index contributed by atoms with van der Waals surface area (Å²) in [4.78, 5) is 60.5. The van der Waals surface area contributed by atoms with Crippen molar-refractivity contribution in [1.29, 1.82) is 0 Å². The zero-order chi connectivity index (χ0) is 25.4. The average molecular weight is 498 g/mol. The van der Waals surface area contributed by atoms with Crippen molar-refractivity contribution in [2.75, 3.05) is 13.7 Å². The first-order valence-electron chi connectivity index (χ1n) is 10.3. The summed E-state index contributed by atoms with van der Waals surface area (Å²) in [5, 5.41) is 4.60. The second-order valence-electron chi connectivity index (χ2n) is 7.40. The van der Waals surface area contributed by atoms with E-state index >= 15 is 0 Å². The number of nitrogens with one attached hydrogen (secondary N) is 1. The summed E-state index contributed by atoms with van der Waals surface area (Å²) in [7, 11) is 1.17. The molecule has 1 aliphatic rings. The van der Waals surface area contributed by atoms with Crippen LogP contribution < -0.4 is 5.32 Å². The molecule has 0 spiro atoms. The van der Waals surface area contributed by atoms with E-state index in [9.17, 15) is 24.0 Å². The summed E-state index contributed by atoms with van der Waals surface area (Å²) in [5.74, 6) is -4.12. The number of methoxy groups -OCH3 is 1. The number of ether oxygens (including phenoxy) is 5. The number of hydrogen-bond donors (Lipinski definition) is 1. The first-order chi connectivity index (χ1) is 16.0. The summed E-state index contributed by atoms with van der Waals surface area (Å²) < 4.78 is 26.5. The third kappa shape index (κ3) is 7.30. The Kier molecular flexibility index (Phi) is 9.60. The summed E-state index contributed by atoms with van der Waals surface area (Å²) in [6, 6.07) is 2.75. The minimum Gasteiger partial charge on any atom is -0.477 e. The summed E-state index contributed by atoms with van der Waals surface area (Å²) in [5.41, 5.74) is 0. The number of thiophene rings is 1. The van der Waals surface area contributed by atoms with Gasteiger partial charge in [-0.15, -0.1) is 11.3 Å². The van der Waals surface area contributed by atoms with Gasteiger partial charge < -0.3 is 29.0 Å². The molecule has 34 heavy (non-hydrogen) atoms. The number of esters is 4. The molecule has 1 N–H and O–H groups in total. The molecule has 186 valence electrons. The minimum atomic E-state index is -1.37. The Morgan fingerprint density at radius 2 is 1.74 bits per heavy atom. The molecule has 0 fully saturated rings. The highest BCUT2D eigenvalue weighted by atomic mass is 32.1. The van der Waals surface area contributed by atoms with E-state index in [1.165, 1.54) is 31.4 Å². The van der Waals surface area contributed by atoms with Crippen LogP contribution >= 0.6 is 11.3 Å². The van der Waals surface area contributed by atoms with Gasteiger partial charge in [-0.25, -0.2) is 4.79 Å². The van der Waals surface area contributed by atoms with Crippen molar-refractivity contribution in [3.63, 3.8) is 0 Å². The molecule has 1 aliphatic heterocycles. The van der Waals surface area contributed by atoms with E-state index in [1.54, 1.807) is 12.1 Å². The summed E-state index contributed by atoms with van der Waals surface area (Å²) in [6.07, 6.45) is -2.38. The molecule has 2 heterocycles.